The number of nitrogens with one attached hydrogen (secondary N) is 1. The number of anilines is 1. The first-order valence-corrected chi connectivity index (χ1v) is 6.80. The topological polar surface area (TPSA) is 121 Å². The molecule has 9 heteroatoms. The van der Waals surface area contributed by atoms with Gasteiger partial charge in [-0.05, 0) is 25.1 Å². The van der Waals surface area contributed by atoms with Crippen molar-refractivity contribution in [2.45, 2.75) is 13.0 Å². The Morgan fingerprint density at radius 1 is 1.33 bits per heavy atom. The van der Waals surface area contributed by atoms with Gasteiger partial charge < -0.3 is 19.2 Å². The molecule has 0 bridgehead atoms. The Hall–Kier alpha value is -3.36. The Kier molecular flexibility index (Phi) is 5.15. The quantitative estimate of drug-likeness (QED) is 0.489. The molecule has 1 heterocycles. The molecule has 24 heavy (non-hydrogen) atoms. The number of hydrogen-bond acceptors (Lipinski definition) is 7. The molecule has 0 aliphatic rings. The number of carbonyl (C=O) groups is 2. The van der Waals surface area contributed by atoms with E-state index in [4.69, 9.17) is 13.9 Å². The lowest BCUT2D eigenvalue weighted by atomic mass is 10.2. The molecule has 0 spiro atoms. The van der Waals surface area contributed by atoms with Crippen molar-refractivity contribution in [3.8, 4) is 5.75 Å². The monoisotopic (exact) mass is 334 g/mol. The molecule has 0 unspecified atom stereocenters. The Morgan fingerprint density at radius 3 is 2.67 bits per heavy atom. The summed E-state index contributed by atoms with van der Waals surface area (Å²) in [7, 11) is 1.31. The minimum absolute atomic E-state index is 0.0254. The Labute approximate surface area is 136 Å². The molecule has 9 nitrogen and oxygen atoms in total. The van der Waals surface area contributed by atoms with E-state index in [1.807, 2.05) is 0 Å². The van der Waals surface area contributed by atoms with E-state index in [1.54, 1.807) is 0 Å². The predicted molar refractivity (Wildman–Crippen MR) is 81.9 cm³/mol. The number of esters is 1. The van der Waals surface area contributed by atoms with Crippen LogP contribution in [0.25, 0.3) is 0 Å². The summed E-state index contributed by atoms with van der Waals surface area (Å²) in [4.78, 5) is 34.0. The zero-order valence-electron chi connectivity index (χ0n) is 12.8. The van der Waals surface area contributed by atoms with E-state index >= 15 is 0 Å². The second kappa shape index (κ2) is 7.27. The number of non-ortho nitro benzene ring substituents is 1. The fourth-order valence-corrected chi connectivity index (χ4v) is 1.80. The predicted octanol–water partition coefficient (Wildman–Crippen LogP) is 2.38. The van der Waals surface area contributed by atoms with Gasteiger partial charge in [-0.2, -0.15) is 0 Å². The van der Waals surface area contributed by atoms with Crippen LogP contribution in [-0.4, -0.2) is 30.0 Å². The third-order valence-electron chi connectivity index (χ3n) is 3.03. The van der Waals surface area contributed by atoms with Gasteiger partial charge in [0.15, 0.2) is 6.10 Å². The first-order valence-electron chi connectivity index (χ1n) is 6.80. The molecule has 0 radical (unpaired) electrons. The van der Waals surface area contributed by atoms with Gasteiger partial charge in [-0.15, -0.1) is 0 Å². The highest BCUT2D eigenvalue weighted by molar-refractivity contribution is 5.97. The van der Waals surface area contributed by atoms with Crippen molar-refractivity contribution in [1.29, 1.82) is 0 Å². The number of benzene rings is 1. The molecule has 126 valence electrons. The molecule has 0 aliphatic carbocycles. The molecule has 1 aromatic carbocycles. The van der Waals surface area contributed by atoms with Gasteiger partial charge in [-0.3, -0.25) is 14.9 Å². The number of furan rings is 1. The number of ether oxygens (including phenoxy) is 2. The molecule has 0 saturated heterocycles. The van der Waals surface area contributed by atoms with E-state index < -0.39 is 22.9 Å². The average Bonchev–Trinajstić information content (AvgIpc) is 3.09. The van der Waals surface area contributed by atoms with E-state index in [-0.39, 0.29) is 22.9 Å². The van der Waals surface area contributed by atoms with E-state index in [0.29, 0.717) is 0 Å². The summed E-state index contributed by atoms with van der Waals surface area (Å²) in [5.41, 5.74) is 0.0381. The van der Waals surface area contributed by atoms with Crippen LogP contribution in [-0.2, 0) is 9.53 Å². The smallest absolute Gasteiger partial charge is 0.374 e. The van der Waals surface area contributed by atoms with Gasteiger partial charge in [0.05, 0.1) is 30.1 Å². The molecular weight excluding hydrogens is 320 g/mol. The SMILES string of the molecule is COc1cc([N+](=O)[O-])ccc1NC(=O)[C@@H](C)OC(=O)c1ccco1. The van der Waals surface area contributed by atoms with Gasteiger partial charge >= 0.3 is 5.97 Å². The maximum atomic E-state index is 12.1. The second-order valence-electron chi connectivity index (χ2n) is 4.66. The summed E-state index contributed by atoms with van der Waals surface area (Å²) in [6, 6.07) is 6.65. The van der Waals surface area contributed by atoms with Crippen molar-refractivity contribution < 1.29 is 28.4 Å². The van der Waals surface area contributed by atoms with Crippen LogP contribution in [0.5, 0.6) is 5.75 Å². The van der Waals surface area contributed by atoms with Crippen molar-refractivity contribution in [1.82, 2.24) is 0 Å². The fraction of sp³-hybridized carbons (Fsp3) is 0.200. The summed E-state index contributed by atoms with van der Waals surface area (Å²) in [5, 5.41) is 13.2. The number of nitro benzene ring substituents is 1. The van der Waals surface area contributed by atoms with E-state index in [2.05, 4.69) is 5.32 Å². The van der Waals surface area contributed by atoms with Crippen LogP contribution in [0.2, 0.25) is 0 Å². The lowest BCUT2D eigenvalue weighted by Crippen LogP contribution is -2.30. The highest BCUT2D eigenvalue weighted by Crippen LogP contribution is 2.29. The van der Waals surface area contributed by atoms with Gasteiger partial charge in [0.25, 0.3) is 11.6 Å². The number of hydrogen-bond donors (Lipinski definition) is 1. The molecule has 1 atom stereocenters. The lowest BCUT2D eigenvalue weighted by molar-refractivity contribution is -0.384. The first-order chi connectivity index (χ1) is 11.4. The number of carbonyl (C=O) groups excluding carboxylic acids is 2. The van der Waals surface area contributed by atoms with Gasteiger partial charge in [0.1, 0.15) is 5.75 Å². The summed E-state index contributed by atoms with van der Waals surface area (Å²) in [6.07, 6.45) is 0.200. The average molecular weight is 334 g/mol. The normalized spacial score (nSPS) is 11.4. The number of nitrogens with zero attached hydrogens (tertiary/aromatic N) is 1. The third kappa shape index (κ3) is 3.88. The third-order valence-corrected chi connectivity index (χ3v) is 3.03. The number of rotatable bonds is 6. The van der Waals surface area contributed by atoms with Crippen LogP contribution in [0.3, 0.4) is 0 Å². The lowest BCUT2D eigenvalue weighted by Gasteiger charge is -2.14. The van der Waals surface area contributed by atoms with E-state index in [9.17, 15) is 19.7 Å². The molecule has 2 rings (SSSR count). The minimum Gasteiger partial charge on any atom is -0.494 e. The number of nitro groups is 1. The van der Waals surface area contributed by atoms with Crippen molar-refractivity contribution >= 4 is 23.3 Å². The molecular formula is C15H14N2O7. The Bertz CT molecular complexity index is 755. The van der Waals surface area contributed by atoms with Crippen molar-refractivity contribution in [2.24, 2.45) is 0 Å². The maximum Gasteiger partial charge on any atom is 0.374 e. The van der Waals surface area contributed by atoms with Crippen LogP contribution in [0, 0.1) is 10.1 Å². The van der Waals surface area contributed by atoms with Crippen LogP contribution in [0.4, 0.5) is 11.4 Å². The number of methoxy groups -OCH3 is 1. The zero-order valence-corrected chi connectivity index (χ0v) is 12.8. The van der Waals surface area contributed by atoms with Crippen molar-refractivity contribution in [3.63, 3.8) is 0 Å². The van der Waals surface area contributed by atoms with Crippen LogP contribution < -0.4 is 10.1 Å². The van der Waals surface area contributed by atoms with Gasteiger partial charge in [0.2, 0.25) is 5.76 Å². The molecule has 1 amide bonds. The minimum atomic E-state index is -1.11. The van der Waals surface area contributed by atoms with Crippen molar-refractivity contribution in [2.75, 3.05) is 12.4 Å². The Morgan fingerprint density at radius 2 is 2.08 bits per heavy atom. The second-order valence-corrected chi connectivity index (χ2v) is 4.66. The summed E-state index contributed by atoms with van der Waals surface area (Å²) >= 11 is 0. The highest BCUT2D eigenvalue weighted by Gasteiger charge is 2.22. The Balaban J connectivity index is 2.05. The summed E-state index contributed by atoms with van der Waals surface area (Å²) < 4.78 is 14.9. The molecule has 0 fully saturated rings. The van der Waals surface area contributed by atoms with E-state index in [1.165, 1.54) is 50.6 Å². The summed E-state index contributed by atoms with van der Waals surface area (Å²) in [5.74, 6) is -1.31. The van der Waals surface area contributed by atoms with Crippen LogP contribution in [0.15, 0.2) is 41.0 Å². The number of amides is 1. The molecule has 1 aromatic heterocycles. The highest BCUT2D eigenvalue weighted by atomic mass is 16.6. The fourth-order valence-electron chi connectivity index (χ4n) is 1.80. The van der Waals surface area contributed by atoms with Crippen LogP contribution >= 0.6 is 0 Å². The van der Waals surface area contributed by atoms with Gasteiger partial charge in [0, 0.05) is 6.07 Å². The molecule has 1 N–H and O–H groups in total. The summed E-state index contributed by atoms with van der Waals surface area (Å²) in [6.45, 7) is 1.38. The molecule has 2 aromatic rings. The maximum absolute atomic E-state index is 12.1. The van der Waals surface area contributed by atoms with Gasteiger partial charge in [-0.1, -0.05) is 0 Å². The standard InChI is InChI=1S/C15H14N2O7/c1-9(24-15(19)12-4-3-7-23-12)14(18)16-11-6-5-10(17(20)21)8-13(11)22-2/h3-9H,1-2H3,(H,16,18)/t9-/m1/s1. The largest absolute Gasteiger partial charge is 0.494 e. The molecule has 0 saturated carbocycles. The van der Waals surface area contributed by atoms with E-state index in [0.717, 1.165) is 0 Å². The first kappa shape index (κ1) is 17.0. The van der Waals surface area contributed by atoms with Crippen LogP contribution in [0.1, 0.15) is 17.5 Å². The van der Waals surface area contributed by atoms with Gasteiger partial charge in [-0.25, -0.2) is 4.79 Å². The molecule has 0 aliphatic heterocycles. The zero-order chi connectivity index (χ0) is 17.7. The van der Waals surface area contributed by atoms with Crippen molar-refractivity contribution in [3.05, 3.63) is 52.5 Å².